The Morgan fingerprint density at radius 3 is 2.84 bits per heavy atom. The minimum absolute atomic E-state index is 0.254. The van der Waals surface area contributed by atoms with Crippen LogP contribution in [0.5, 0.6) is 0 Å². The number of aryl methyl sites for hydroxylation is 1. The number of carbonyl (C=O) groups is 1. The van der Waals surface area contributed by atoms with E-state index in [9.17, 15) is 10.1 Å². The molecule has 1 atom stereocenters. The zero-order chi connectivity index (χ0) is 22.3. The third kappa shape index (κ3) is 5.34. The molecule has 2 fully saturated rings. The maximum Gasteiger partial charge on any atom is 0.223 e. The molecule has 2 aromatic rings. The Labute approximate surface area is 189 Å². The molecule has 1 unspecified atom stereocenters. The fraction of sp³-hybridized carbons (Fsp3) is 0.542. The molecule has 0 spiro atoms. The Morgan fingerprint density at radius 2 is 2.09 bits per heavy atom. The zero-order valence-electron chi connectivity index (χ0n) is 18.7. The summed E-state index contributed by atoms with van der Waals surface area (Å²) in [6.45, 7) is 4.29. The number of nitrogens with zero attached hydrogens (tertiary/aromatic N) is 5. The van der Waals surface area contributed by atoms with Crippen LogP contribution in [0.2, 0.25) is 0 Å². The van der Waals surface area contributed by atoms with Crippen LogP contribution in [0.4, 0.5) is 11.8 Å². The fourth-order valence-electron chi connectivity index (χ4n) is 4.47. The summed E-state index contributed by atoms with van der Waals surface area (Å²) in [6.07, 6.45) is 9.01. The molecular formula is C24H31N7O. The van der Waals surface area contributed by atoms with Gasteiger partial charge in [0.1, 0.15) is 11.7 Å². The maximum atomic E-state index is 11.7. The number of hydrogen-bond donors (Lipinski definition) is 2. The van der Waals surface area contributed by atoms with Gasteiger partial charge in [-0.3, -0.25) is 4.79 Å². The van der Waals surface area contributed by atoms with Crippen molar-refractivity contribution in [1.29, 1.82) is 5.26 Å². The second kappa shape index (κ2) is 10.4. The zero-order valence-corrected chi connectivity index (χ0v) is 18.7. The average Bonchev–Trinajstić information content (AvgIpc) is 3.46. The lowest BCUT2D eigenvalue weighted by atomic mass is 9.99. The molecule has 1 aliphatic carbocycles. The summed E-state index contributed by atoms with van der Waals surface area (Å²) < 4.78 is 0. The van der Waals surface area contributed by atoms with E-state index in [1.54, 1.807) is 6.20 Å². The SMILES string of the molecule is Cc1cnc(NC2CCCC2)nc1C(C#N)c1cccc(NCCCN2CCCC2=O)n1. The van der Waals surface area contributed by atoms with Gasteiger partial charge in [-0.1, -0.05) is 18.9 Å². The molecule has 2 aromatic heterocycles. The standard InChI is InChI=1S/C24H31N7O/c1-17-16-27-24(28-18-7-2-3-8-18)30-23(17)19(15-25)20-9-4-10-21(29-20)26-12-6-14-31-13-5-11-22(31)32/h4,9-10,16,18-19H,2-3,5-8,11-14H2,1H3,(H,26,29)(H,27,28,30). The van der Waals surface area contributed by atoms with Gasteiger partial charge in [-0.05, 0) is 50.3 Å². The molecular weight excluding hydrogens is 402 g/mol. The van der Waals surface area contributed by atoms with E-state index in [1.807, 2.05) is 30.0 Å². The van der Waals surface area contributed by atoms with Gasteiger partial charge in [0.25, 0.3) is 0 Å². The number of anilines is 2. The first-order valence-electron chi connectivity index (χ1n) is 11.6. The lowest BCUT2D eigenvalue weighted by Gasteiger charge is -2.17. The number of hydrogen-bond acceptors (Lipinski definition) is 7. The topological polar surface area (TPSA) is 107 Å². The molecule has 4 rings (SSSR count). The summed E-state index contributed by atoms with van der Waals surface area (Å²) >= 11 is 0. The molecule has 0 bridgehead atoms. The van der Waals surface area contributed by atoms with Crippen molar-refractivity contribution in [1.82, 2.24) is 19.9 Å². The van der Waals surface area contributed by atoms with E-state index < -0.39 is 5.92 Å². The van der Waals surface area contributed by atoms with Crippen molar-refractivity contribution < 1.29 is 4.79 Å². The number of nitriles is 1. The van der Waals surface area contributed by atoms with Crippen molar-refractivity contribution >= 4 is 17.7 Å². The van der Waals surface area contributed by atoms with Gasteiger partial charge in [-0.2, -0.15) is 5.26 Å². The lowest BCUT2D eigenvalue weighted by Crippen LogP contribution is -2.27. The van der Waals surface area contributed by atoms with E-state index in [4.69, 9.17) is 4.98 Å². The van der Waals surface area contributed by atoms with Crippen molar-refractivity contribution in [3.8, 4) is 6.07 Å². The predicted octanol–water partition coefficient (Wildman–Crippen LogP) is 3.61. The number of carbonyl (C=O) groups excluding carboxylic acids is 1. The van der Waals surface area contributed by atoms with E-state index in [-0.39, 0.29) is 5.91 Å². The summed E-state index contributed by atoms with van der Waals surface area (Å²) in [5, 5.41) is 16.7. The third-order valence-corrected chi connectivity index (χ3v) is 6.25. The summed E-state index contributed by atoms with van der Waals surface area (Å²) in [4.78, 5) is 27.5. The van der Waals surface area contributed by atoms with Gasteiger partial charge >= 0.3 is 0 Å². The molecule has 0 aromatic carbocycles. The maximum absolute atomic E-state index is 11.7. The van der Waals surface area contributed by atoms with Crippen molar-refractivity contribution in [2.24, 2.45) is 0 Å². The molecule has 168 valence electrons. The lowest BCUT2D eigenvalue weighted by molar-refractivity contribution is -0.127. The Bertz CT molecular complexity index is 981. The summed E-state index contributed by atoms with van der Waals surface area (Å²) in [5.74, 6) is 1.00. The largest absolute Gasteiger partial charge is 0.370 e. The van der Waals surface area contributed by atoms with Gasteiger partial charge in [0.05, 0.1) is 17.5 Å². The smallest absolute Gasteiger partial charge is 0.223 e. The van der Waals surface area contributed by atoms with Gasteiger partial charge in [-0.15, -0.1) is 0 Å². The molecule has 1 amide bonds. The molecule has 8 heteroatoms. The highest BCUT2D eigenvalue weighted by molar-refractivity contribution is 5.78. The first-order valence-corrected chi connectivity index (χ1v) is 11.6. The Kier molecular flexibility index (Phi) is 7.15. The average molecular weight is 434 g/mol. The van der Waals surface area contributed by atoms with Gasteiger partial charge in [-0.25, -0.2) is 15.0 Å². The third-order valence-electron chi connectivity index (χ3n) is 6.25. The Hall–Kier alpha value is -3.21. The number of likely N-dealkylation sites (tertiary alicyclic amines) is 1. The monoisotopic (exact) mass is 433 g/mol. The fourth-order valence-corrected chi connectivity index (χ4v) is 4.47. The van der Waals surface area contributed by atoms with Gasteiger partial charge < -0.3 is 15.5 Å². The number of pyridine rings is 1. The van der Waals surface area contributed by atoms with Crippen molar-refractivity contribution in [3.63, 3.8) is 0 Å². The van der Waals surface area contributed by atoms with Gasteiger partial charge in [0.15, 0.2) is 0 Å². The minimum Gasteiger partial charge on any atom is -0.370 e. The number of aromatic nitrogens is 3. The van der Waals surface area contributed by atoms with Crippen molar-refractivity contribution in [3.05, 3.63) is 41.3 Å². The van der Waals surface area contributed by atoms with Crippen LogP contribution in [0.1, 0.15) is 67.8 Å². The van der Waals surface area contributed by atoms with Crippen molar-refractivity contribution in [2.45, 2.75) is 63.8 Å². The first kappa shape index (κ1) is 22.0. The van der Waals surface area contributed by atoms with Crippen LogP contribution in [0.25, 0.3) is 0 Å². The van der Waals surface area contributed by atoms with Crippen LogP contribution in [0.15, 0.2) is 24.4 Å². The van der Waals surface area contributed by atoms with E-state index in [0.29, 0.717) is 29.8 Å². The Balaban J connectivity index is 1.41. The summed E-state index contributed by atoms with van der Waals surface area (Å²) in [5.41, 5.74) is 2.24. The highest BCUT2D eigenvalue weighted by Gasteiger charge is 2.22. The first-order chi connectivity index (χ1) is 15.6. The van der Waals surface area contributed by atoms with Crippen LogP contribution in [0.3, 0.4) is 0 Å². The van der Waals surface area contributed by atoms with Crippen LogP contribution in [-0.4, -0.2) is 51.4 Å². The summed E-state index contributed by atoms with van der Waals surface area (Å²) in [6, 6.07) is 8.47. The molecule has 2 N–H and O–H groups in total. The van der Waals surface area contributed by atoms with E-state index in [2.05, 4.69) is 26.7 Å². The number of nitrogens with one attached hydrogen (secondary N) is 2. The molecule has 32 heavy (non-hydrogen) atoms. The summed E-state index contributed by atoms with van der Waals surface area (Å²) in [7, 11) is 0. The van der Waals surface area contributed by atoms with E-state index >= 15 is 0 Å². The Morgan fingerprint density at radius 1 is 1.25 bits per heavy atom. The second-order valence-electron chi connectivity index (χ2n) is 8.66. The molecule has 1 saturated heterocycles. The van der Waals surface area contributed by atoms with Crippen molar-refractivity contribution in [2.75, 3.05) is 30.3 Å². The predicted molar refractivity (Wildman–Crippen MR) is 123 cm³/mol. The number of amides is 1. The molecule has 0 radical (unpaired) electrons. The van der Waals surface area contributed by atoms with Gasteiger partial charge in [0, 0.05) is 38.3 Å². The normalized spacial score (nSPS) is 17.4. The van der Waals surface area contributed by atoms with Crippen LogP contribution < -0.4 is 10.6 Å². The highest BCUT2D eigenvalue weighted by Crippen LogP contribution is 2.26. The highest BCUT2D eigenvalue weighted by atomic mass is 16.2. The molecule has 1 saturated carbocycles. The molecule has 3 heterocycles. The van der Waals surface area contributed by atoms with E-state index in [1.165, 1.54) is 12.8 Å². The second-order valence-corrected chi connectivity index (χ2v) is 8.66. The molecule has 2 aliphatic rings. The van der Waals surface area contributed by atoms with Crippen LogP contribution in [0, 0.1) is 18.3 Å². The quantitative estimate of drug-likeness (QED) is 0.582. The van der Waals surface area contributed by atoms with Gasteiger partial charge in [0.2, 0.25) is 11.9 Å². The molecule has 8 nitrogen and oxygen atoms in total. The number of rotatable bonds is 9. The van der Waals surface area contributed by atoms with Crippen LogP contribution >= 0.6 is 0 Å². The molecule has 1 aliphatic heterocycles. The van der Waals surface area contributed by atoms with E-state index in [0.717, 1.165) is 56.7 Å². The van der Waals surface area contributed by atoms with Crippen LogP contribution in [-0.2, 0) is 4.79 Å². The minimum atomic E-state index is -0.564.